The van der Waals surface area contributed by atoms with Crippen LogP contribution in [0.25, 0.3) is 39.4 Å². The summed E-state index contributed by atoms with van der Waals surface area (Å²) in [7, 11) is 0. The number of rotatable bonds is 6. The lowest BCUT2D eigenvalue weighted by Crippen LogP contribution is -2.23. The Morgan fingerprint density at radius 2 is 1.68 bits per heavy atom. The van der Waals surface area contributed by atoms with E-state index >= 15 is 0 Å². The summed E-state index contributed by atoms with van der Waals surface area (Å²) < 4.78 is 10.3. The highest BCUT2D eigenvalue weighted by atomic mass is 79.9. The normalized spacial score (nSPS) is 11.9. The van der Waals surface area contributed by atoms with Gasteiger partial charge in [-0.2, -0.15) is 14.6 Å². The molecule has 0 radical (unpaired) electrons. The molecule has 6 aromatic rings. The number of fused-ring (bicyclic) bond motifs is 1. The molecule has 0 saturated heterocycles. The molecule has 0 unspecified atom stereocenters. The Kier molecular flexibility index (Phi) is 6.15. The van der Waals surface area contributed by atoms with Crippen LogP contribution in [-0.4, -0.2) is 31.0 Å². The van der Waals surface area contributed by atoms with Gasteiger partial charge in [0.05, 0.1) is 16.8 Å². The Bertz CT molecular complexity index is 1810. The fourth-order valence-corrected chi connectivity index (χ4v) is 5.17. The molecule has 3 aromatic heterocycles. The maximum atomic E-state index is 13.3. The summed E-state index contributed by atoms with van der Waals surface area (Å²) in [5.41, 5.74) is 4.09. The van der Waals surface area contributed by atoms with Crippen molar-refractivity contribution in [2.75, 3.05) is 6.61 Å². The Labute approximate surface area is 224 Å². The van der Waals surface area contributed by atoms with Crippen molar-refractivity contribution >= 4 is 38.3 Å². The summed E-state index contributed by atoms with van der Waals surface area (Å²) in [6, 6.07) is 25.4. The lowest BCUT2D eigenvalue weighted by atomic mass is 10.1. The Balaban J connectivity index is 1.45. The molecule has 0 fully saturated rings. The SMILES string of the molecule is CCOc1ccc(-c2nn(-c3ccccc3)cc2C=c2sc3nc(-c4ccc(Br)cc4)nn3c2=O)cc1. The number of hydrogen-bond acceptors (Lipinski definition) is 6. The Morgan fingerprint density at radius 1 is 0.946 bits per heavy atom. The third kappa shape index (κ3) is 4.59. The first-order valence-electron chi connectivity index (χ1n) is 11.6. The van der Waals surface area contributed by atoms with Crippen LogP contribution in [0, 0.1) is 0 Å². The van der Waals surface area contributed by atoms with Gasteiger partial charge in [0, 0.05) is 27.4 Å². The molecule has 0 aliphatic carbocycles. The van der Waals surface area contributed by atoms with Crippen molar-refractivity contribution in [3.05, 3.63) is 110 Å². The van der Waals surface area contributed by atoms with E-state index in [0.717, 1.165) is 38.3 Å². The maximum absolute atomic E-state index is 13.3. The van der Waals surface area contributed by atoms with E-state index in [0.29, 0.717) is 21.9 Å². The number of hydrogen-bond donors (Lipinski definition) is 0. The van der Waals surface area contributed by atoms with E-state index < -0.39 is 0 Å². The zero-order valence-electron chi connectivity index (χ0n) is 19.7. The minimum atomic E-state index is -0.207. The van der Waals surface area contributed by atoms with Gasteiger partial charge in [-0.05, 0) is 61.5 Å². The number of thiazole rings is 1. The van der Waals surface area contributed by atoms with E-state index in [1.54, 1.807) is 0 Å². The van der Waals surface area contributed by atoms with E-state index in [2.05, 4.69) is 26.0 Å². The van der Waals surface area contributed by atoms with Crippen LogP contribution in [0.3, 0.4) is 0 Å². The molecule has 0 N–H and O–H groups in total. The fraction of sp³-hybridized carbons (Fsp3) is 0.0714. The van der Waals surface area contributed by atoms with E-state index in [1.807, 2.05) is 103 Å². The van der Waals surface area contributed by atoms with Gasteiger partial charge in [0.1, 0.15) is 11.4 Å². The maximum Gasteiger partial charge on any atom is 0.291 e. The number of para-hydroxylation sites is 1. The van der Waals surface area contributed by atoms with Gasteiger partial charge in [-0.3, -0.25) is 4.79 Å². The molecule has 0 saturated carbocycles. The first-order valence-corrected chi connectivity index (χ1v) is 13.3. The van der Waals surface area contributed by atoms with Gasteiger partial charge < -0.3 is 4.74 Å². The first kappa shape index (κ1) is 23.3. The molecule has 3 heterocycles. The summed E-state index contributed by atoms with van der Waals surface area (Å²) in [6.45, 7) is 2.56. The molecule has 0 atom stereocenters. The van der Waals surface area contributed by atoms with Crippen LogP contribution in [0.15, 0.2) is 94.3 Å². The topological polar surface area (TPSA) is 74.3 Å². The lowest BCUT2D eigenvalue weighted by Gasteiger charge is -2.04. The minimum absolute atomic E-state index is 0.207. The Hall–Kier alpha value is -4.08. The second-order valence-corrected chi connectivity index (χ2v) is 10.1. The first-order chi connectivity index (χ1) is 18.1. The van der Waals surface area contributed by atoms with Crippen molar-refractivity contribution in [2.45, 2.75) is 6.92 Å². The second kappa shape index (κ2) is 9.76. The average Bonchev–Trinajstić information content (AvgIpc) is 3.61. The highest BCUT2D eigenvalue weighted by Crippen LogP contribution is 2.27. The molecule has 0 bridgehead atoms. The highest BCUT2D eigenvalue weighted by Gasteiger charge is 2.15. The van der Waals surface area contributed by atoms with Crippen molar-refractivity contribution in [1.29, 1.82) is 0 Å². The van der Waals surface area contributed by atoms with Crippen molar-refractivity contribution in [1.82, 2.24) is 24.4 Å². The summed E-state index contributed by atoms with van der Waals surface area (Å²) in [6.07, 6.45) is 3.80. The molecule has 0 amide bonds. The zero-order valence-corrected chi connectivity index (χ0v) is 22.1. The van der Waals surface area contributed by atoms with Crippen molar-refractivity contribution in [3.8, 4) is 34.1 Å². The molecule has 6 rings (SSSR count). The second-order valence-electron chi connectivity index (χ2n) is 8.22. The van der Waals surface area contributed by atoms with Crippen LogP contribution in [0.4, 0.5) is 0 Å². The lowest BCUT2D eigenvalue weighted by molar-refractivity contribution is 0.340. The quantitative estimate of drug-likeness (QED) is 0.269. The molecule has 0 aliphatic heterocycles. The smallest absolute Gasteiger partial charge is 0.291 e. The van der Waals surface area contributed by atoms with Crippen LogP contribution in [0.1, 0.15) is 12.5 Å². The van der Waals surface area contributed by atoms with Gasteiger partial charge >= 0.3 is 0 Å². The fourth-order valence-electron chi connectivity index (χ4n) is 4.00. The molecule has 0 spiro atoms. The number of nitrogens with zero attached hydrogens (tertiary/aromatic N) is 5. The number of benzene rings is 3. The van der Waals surface area contributed by atoms with Gasteiger partial charge in [0.25, 0.3) is 5.56 Å². The zero-order chi connectivity index (χ0) is 25.4. The standard InChI is InChI=1S/C28H20BrN5O2S/c1-2-36-23-14-10-18(11-15-23)25-20(17-33(31-25)22-6-4-3-5-7-22)16-24-27(35)34-28(37-24)30-26(32-34)19-8-12-21(29)13-9-19/h3-17H,2H2,1H3. The number of aromatic nitrogens is 5. The van der Waals surface area contributed by atoms with Gasteiger partial charge in [0.15, 0.2) is 5.82 Å². The average molecular weight is 570 g/mol. The van der Waals surface area contributed by atoms with Crippen LogP contribution < -0.4 is 14.8 Å². The summed E-state index contributed by atoms with van der Waals surface area (Å²) in [5, 5.41) is 9.33. The molecule has 3 aromatic carbocycles. The van der Waals surface area contributed by atoms with E-state index in [9.17, 15) is 4.79 Å². The van der Waals surface area contributed by atoms with Crippen LogP contribution in [0.5, 0.6) is 5.75 Å². The molecule has 182 valence electrons. The monoisotopic (exact) mass is 569 g/mol. The third-order valence-electron chi connectivity index (χ3n) is 5.77. The minimum Gasteiger partial charge on any atom is -0.494 e. The molecule has 9 heteroatoms. The van der Waals surface area contributed by atoms with Gasteiger partial charge in [-0.15, -0.1) is 5.10 Å². The number of halogens is 1. The molecule has 0 aliphatic rings. The van der Waals surface area contributed by atoms with Gasteiger partial charge in [-0.25, -0.2) is 4.68 Å². The van der Waals surface area contributed by atoms with E-state index in [1.165, 1.54) is 15.9 Å². The van der Waals surface area contributed by atoms with Gasteiger partial charge in [0.2, 0.25) is 4.96 Å². The van der Waals surface area contributed by atoms with Crippen LogP contribution in [0.2, 0.25) is 0 Å². The third-order valence-corrected chi connectivity index (χ3v) is 7.26. The summed E-state index contributed by atoms with van der Waals surface area (Å²) in [4.78, 5) is 18.4. The van der Waals surface area contributed by atoms with E-state index in [4.69, 9.17) is 9.84 Å². The largest absolute Gasteiger partial charge is 0.494 e. The molecule has 7 nitrogen and oxygen atoms in total. The van der Waals surface area contributed by atoms with Gasteiger partial charge in [-0.1, -0.05) is 57.6 Å². The highest BCUT2D eigenvalue weighted by molar-refractivity contribution is 9.10. The van der Waals surface area contributed by atoms with Crippen molar-refractivity contribution in [3.63, 3.8) is 0 Å². The predicted octanol–water partition coefficient (Wildman–Crippen LogP) is 5.38. The van der Waals surface area contributed by atoms with Crippen molar-refractivity contribution in [2.24, 2.45) is 0 Å². The molecular weight excluding hydrogens is 550 g/mol. The summed E-state index contributed by atoms with van der Waals surface area (Å²) >= 11 is 4.75. The van der Waals surface area contributed by atoms with E-state index in [-0.39, 0.29) is 5.56 Å². The van der Waals surface area contributed by atoms with Crippen LogP contribution >= 0.6 is 27.3 Å². The summed E-state index contributed by atoms with van der Waals surface area (Å²) in [5.74, 6) is 1.32. The van der Waals surface area contributed by atoms with Crippen LogP contribution in [-0.2, 0) is 0 Å². The predicted molar refractivity (Wildman–Crippen MR) is 149 cm³/mol. The molecular formula is C28H20BrN5O2S. The van der Waals surface area contributed by atoms with Crippen molar-refractivity contribution < 1.29 is 4.74 Å². The Morgan fingerprint density at radius 3 is 2.38 bits per heavy atom. The number of ether oxygens (including phenoxy) is 1. The molecule has 37 heavy (non-hydrogen) atoms.